The van der Waals surface area contributed by atoms with Crippen LogP contribution < -0.4 is 5.32 Å². The molecule has 4 rings (SSSR count). The van der Waals surface area contributed by atoms with E-state index in [2.05, 4.69) is 31.4 Å². The van der Waals surface area contributed by atoms with Gasteiger partial charge in [-0.2, -0.15) is 0 Å². The molecule has 0 radical (unpaired) electrons. The number of nitrogens with one attached hydrogen (secondary N) is 1. The Bertz CT molecular complexity index is 1110. The van der Waals surface area contributed by atoms with Gasteiger partial charge in [0.25, 0.3) is 5.91 Å². The van der Waals surface area contributed by atoms with Crippen molar-refractivity contribution in [2.45, 2.75) is 6.04 Å². The minimum Gasteiger partial charge on any atom is -0.418 e. The fourth-order valence-corrected chi connectivity index (χ4v) is 3.07. The molecule has 0 fully saturated rings. The zero-order valence-electron chi connectivity index (χ0n) is 15.0. The molecule has 29 heavy (non-hydrogen) atoms. The van der Waals surface area contributed by atoms with E-state index in [0.717, 1.165) is 10.0 Å². The van der Waals surface area contributed by atoms with Gasteiger partial charge in [-0.25, -0.2) is 4.39 Å². The lowest BCUT2D eigenvalue weighted by Gasteiger charge is -2.16. The minimum atomic E-state index is -0.725. The summed E-state index contributed by atoms with van der Waals surface area (Å²) >= 11 is 3.35. The van der Waals surface area contributed by atoms with E-state index in [1.165, 1.54) is 12.1 Å². The molecule has 3 aromatic carbocycles. The zero-order valence-corrected chi connectivity index (χ0v) is 16.6. The molecule has 0 aliphatic heterocycles. The number of carbonyl (C=O) groups excluding carboxylic acids is 1. The van der Waals surface area contributed by atoms with Crippen LogP contribution in [0.5, 0.6) is 0 Å². The van der Waals surface area contributed by atoms with Crippen LogP contribution in [-0.2, 0) is 0 Å². The number of aromatic nitrogens is 2. The summed E-state index contributed by atoms with van der Waals surface area (Å²) in [4.78, 5) is 12.8. The number of rotatable bonds is 5. The molecular weight excluding hydrogens is 437 g/mol. The summed E-state index contributed by atoms with van der Waals surface area (Å²) in [7, 11) is 0. The van der Waals surface area contributed by atoms with Crippen molar-refractivity contribution in [3.63, 3.8) is 0 Å². The van der Waals surface area contributed by atoms with Crippen molar-refractivity contribution >= 4 is 21.8 Å². The highest BCUT2D eigenvalue weighted by atomic mass is 79.9. The maximum Gasteiger partial charge on any atom is 0.252 e. The van der Waals surface area contributed by atoms with Crippen LogP contribution in [0.25, 0.3) is 11.5 Å². The molecule has 1 aromatic heterocycles. The van der Waals surface area contributed by atoms with Crippen LogP contribution in [-0.4, -0.2) is 16.1 Å². The van der Waals surface area contributed by atoms with Crippen molar-refractivity contribution in [3.8, 4) is 11.5 Å². The summed E-state index contributed by atoms with van der Waals surface area (Å²) in [5.41, 5.74) is 1.87. The summed E-state index contributed by atoms with van der Waals surface area (Å²) < 4.78 is 20.1. The third-order valence-electron chi connectivity index (χ3n) is 4.29. The Morgan fingerprint density at radius 3 is 2.31 bits per heavy atom. The number of amides is 1. The molecule has 0 saturated carbocycles. The van der Waals surface area contributed by atoms with Gasteiger partial charge in [0, 0.05) is 15.6 Å². The second-order valence-electron chi connectivity index (χ2n) is 6.28. The van der Waals surface area contributed by atoms with Crippen molar-refractivity contribution in [1.29, 1.82) is 0 Å². The van der Waals surface area contributed by atoms with Gasteiger partial charge in [0.1, 0.15) is 11.9 Å². The number of hydrogen-bond donors (Lipinski definition) is 1. The number of halogens is 2. The predicted octanol–water partition coefficient (Wildman–Crippen LogP) is 5.16. The summed E-state index contributed by atoms with van der Waals surface area (Å²) in [6, 6.07) is 21.4. The molecule has 0 saturated heterocycles. The normalized spacial score (nSPS) is 11.8. The molecule has 144 valence electrons. The lowest BCUT2D eigenvalue weighted by atomic mass is 10.1. The van der Waals surface area contributed by atoms with Gasteiger partial charge in [0.15, 0.2) is 0 Å². The van der Waals surface area contributed by atoms with Crippen LogP contribution in [0.3, 0.4) is 0 Å². The molecule has 5 nitrogen and oxygen atoms in total. The highest BCUT2D eigenvalue weighted by molar-refractivity contribution is 9.10. The molecule has 4 aromatic rings. The van der Waals surface area contributed by atoms with Gasteiger partial charge >= 0.3 is 0 Å². The molecule has 1 amide bonds. The van der Waals surface area contributed by atoms with E-state index in [1.807, 2.05) is 30.3 Å². The van der Waals surface area contributed by atoms with Crippen LogP contribution in [0, 0.1) is 5.82 Å². The number of hydrogen-bond acceptors (Lipinski definition) is 4. The third-order valence-corrected chi connectivity index (χ3v) is 4.82. The first-order valence-corrected chi connectivity index (χ1v) is 9.60. The largest absolute Gasteiger partial charge is 0.418 e. The smallest absolute Gasteiger partial charge is 0.252 e. The fourth-order valence-electron chi connectivity index (χ4n) is 2.81. The van der Waals surface area contributed by atoms with E-state index >= 15 is 0 Å². The standard InChI is InChI=1S/C22H15BrFN3O2/c23-17-10-6-15(7-11-17)20(28)25-19(14-8-12-18(24)13-9-14)22-27-26-21(29-22)16-4-2-1-3-5-16/h1-13,19H,(H,25,28)/t19-/m0/s1. The van der Waals surface area contributed by atoms with Gasteiger partial charge in [-0.05, 0) is 54.1 Å². The van der Waals surface area contributed by atoms with E-state index in [9.17, 15) is 9.18 Å². The molecule has 1 atom stereocenters. The summed E-state index contributed by atoms with van der Waals surface area (Å²) in [5.74, 6) is -0.139. The SMILES string of the molecule is O=C(N[C@@H](c1ccc(F)cc1)c1nnc(-c2ccccc2)o1)c1ccc(Br)cc1. The monoisotopic (exact) mass is 451 g/mol. The summed E-state index contributed by atoms with van der Waals surface area (Å²) in [5, 5.41) is 11.1. The lowest BCUT2D eigenvalue weighted by molar-refractivity contribution is 0.0938. The van der Waals surface area contributed by atoms with Crippen molar-refractivity contribution in [2.75, 3.05) is 0 Å². The Morgan fingerprint density at radius 1 is 0.931 bits per heavy atom. The van der Waals surface area contributed by atoms with E-state index in [4.69, 9.17) is 4.42 Å². The molecule has 0 spiro atoms. The lowest BCUT2D eigenvalue weighted by Crippen LogP contribution is -2.29. The third kappa shape index (κ3) is 4.41. The zero-order chi connectivity index (χ0) is 20.2. The van der Waals surface area contributed by atoms with Crippen molar-refractivity contribution < 1.29 is 13.6 Å². The molecule has 1 heterocycles. The van der Waals surface area contributed by atoms with Gasteiger partial charge in [-0.15, -0.1) is 10.2 Å². The molecule has 1 N–H and O–H groups in total. The topological polar surface area (TPSA) is 68.0 Å². The van der Waals surface area contributed by atoms with Crippen LogP contribution in [0.4, 0.5) is 4.39 Å². The maximum absolute atomic E-state index is 13.4. The van der Waals surface area contributed by atoms with Gasteiger partial charge in [0.2, 0.25) is 11.8 Å². The highest BCUT2D eigenvalue weighted by Crippen LogP contribution is 2.26. The van der Waals surface area contributed by atoms with E-state index in [0.29, 0.717) is 17.0 Å². The Labute approximate surface area is 174 Å². The fraction of sp³-hybridized carbons (Fsp3) is 0.0455. The van der Waals surface area contributed by atoms with Crippen molar-refractivity contribution in [2.24, 2.45) is 0 Å². The second kappa shape index (κ2) is 8.36. The molecule has 0 aliphatic carbocycles. The summed E-state index contributed by atoms with van der Waals surface area (Å²) in [6.45, 7) is 0. The van der Waals surface area contributed by atoms with Crippen molar-refractivity contribution in [1.82, 2.24) is 15.5 Å². The Morgan fingerprint density at radius 2 is 1.62 bits per heavy atom. The van der Waals surface area contributed by atoms with Crippen LogP contribution in [0.1, 0.15) is 27.9 Å². The first-order chi connectivity index (χ1) is 14.1. The summed E-state index contributed by atoms with van der Waals surface area (Å²) in [6.07, 6.45) is 0. The average Bonchev–Trinajstić information content (AvgIpc) is 3.24. The Balaban J connectivity index is 1.67. The predicted molar refractivity (Wildman–Crippen MR) is 110 cm³/mol. The molecule has 0 aliphatic rings. The molecule has 0 bridgehead atoms. The van der Waals surface area contributed by atoms with E-state index in [1.54, 1.807) is 36.4 Å². The number of carbonyl (C=O) groups is 1. The highest BCUT2D eigenvalue weighted by Gasteiger charge is 2.24. The minimum absolute atomic E-state index is 0.209. The molecule has 7 heteroatoms. The first kappa shape index (κ1) is 19.0. The number of benzene rings is 3. The van der Waals surface area contributed by atoms with Crippen LogP contribution >= 0.6 is 15.9 Å². The maximum atomic E-state index is 13.4. The van der Waals surface area contributed by atoms with Crippen LogP contribution in [0.15, 0.2) is 87.8 Å². The molecular formula is C22H15BrFN3O2. The Kier molecular flexibility index (Phi) is 5.48. The van der Waals surface area contributed by atoms with E-state index in [-0.39, 0.29) is 17.6 Å². The van der Waals surface area contributed by atoms with Gasteiger partial charge in [-0.1, -0.05) is 46.3 Å². The second-order valence-corrected chi connectivity index (χ2v) is 7.19. The quantitative estimate of drug-likeness (QED) is 0.455. The molecule has 0 unspecified atom stereocenters. The Hall–Kier alpha value is -3.32. The van der Waals surface area contributed by atoms with Crippen molar-refractivity contribution in [3.05, 3.63) is 106 Å². The van der Waals surface area contributed by atoms with Gasteiger partial charge < -0.3 is 9.73 Å². The van der Waals surface area contributed by atoms with Gasteiger partial charge in [0.05, 0.1) is 0 Å². The first-order valence-electron chi connectivity index (χ1n) is 8.81. The van der Waals surface area contributed by atoms with Gasteiger partial charge in [-0.3, -0.25) is 4.79 Å². The van der Waals surface area contributed by atoms with Crippen LogP contribution in [0.2, 0.25) is 0 Å². The van der Waals surface area contributed by atoms with E-state index < -0.39 is 6.04 Å². The number of nitrogens with zero attached hydrogens (tertiary/aromatic N) is 2. The average molecular weight is 452 g/mol.